The molecule has 0 aliphatic heterocycles. The van der Waals surface area contributed by atoms with E-state index in [2.05, 4.69) is 11.9 Å². The molecular weight excluding hydrogens is 269 g/mol. The summed E-state index contributed by atoms with van der Waals surface area (Å²) in [7, 11) is 2.10. The van der Waals surface area contributed by atoms with E-state index in [4.69, 9.17) is 5.11 Å². The first-order valence-electron chi connectivity index (χ1n) is 7.46. The molecule has 1 fully saturated rings. The number of benzene rings is 1. The van der Waals surface area contributed by atoms with Crippen LogP contribution in [-0.4, -0.2) is 29.1 Å². The summed E-state index contributed by atoms with van der Waals surface area (Å²) < 4.78 is 13.7. The number of hydrogen-bond acceptors (Lipinski definition) is 2. The van der Waals surface area contributed by atoms with Crippen LogP contribution < -0.4 is 0 Å². The summed E-state index contributed by atoms with van der Waals surface area (Å²) >= 11 is 0. The smallest absolute Gasteiger partial charge is 0.328 e. The molecule has 0 saturated heterocycles. The van der Waals surface area contributed by atoms with Crippen molar-refractivity contribution in [2.24, 2.45) is 0 Å². The minimum atomic E-state index is -1.07. The lowest BCUT2D eigenvalue weighted by atomic mass is 9.94. The standard InChI is InChI=1S/C17H22FNO2/c1-19(15-5-3-2-4-6-15)12-13-7-9-16(18)14(11-13)8-10-17(20)21/h7-11,15H,2-6,12H2,1H3,(H,20,21). The van der Waals surface area contributed by atoms with Crippen LogP contribution >= 0.6 is 0 Å². The molecule has 0 radical (unpaired) electrons. The van der Waals surface area contributed by atoms with Gasteiger partial charge >= 0.3 is 5.97 Å². The van der Waals surface area contributed by atoms with Gasteiger partial charge in [-0.1, -0.05) is 25.3 Å². The molecule has 0 atom stereocenters. The Kier molecular flexibility index (Phi) is 5.51. The Balaban J connectivity index is 2.05. The maximum absolute atomic E-state index is 13.7. The van der Waals surface area contributed by atoms with Crippen molar-refractivity contribution in [2.45, 2.75) is 44.7 Å². The average Bonchev–Trinajstić information content (AvgIpc) is 2.48. The van der Waals surface area contributed by atoms with Crippen LogP contribution in [0, 0.1) is 5.82 Å². The molecule has 2 rings (SSSR count). The van der Waals surface area contributed by atoms with Crippen LogP contribution in [0.25, 0.3) is 6.08 Å². The highest BCUT2D eigenvalue weighted by Crippen LogP contribution is 2.23. The molecule has 21 heavy (non-hydrogen) atoms. The van der Waals surface area contributed by atoms with Crippen molar-refractivity contribution < 1.29 is 14.3 Å². The van der Waals surface area contributed by atoms with Crippen molar-refractivity contribution in [1.82, 2.24) is 4.90 Å². The van der Waals surface area contributed by atoms with Crippen LogP contribution in [0.1, 0.15) is 43.2 Å². The monoisotopic (exact) mass is 291 g/mol. The van der Waals surface area contributed by atoms with Gasteiger partial charge < -0.3 is 5.11 Å². The van der Waals surface area contributed by atoms with Gasteiger partial charge in [0.25, 0.3) is 0 Å². The van der Waals surface area contributed by atoms with Crippen molar-refractivity contribution >= 4 is 12.0 Å². The van der Waals surface area contributed by atoms with Gasteiger partial charge in [0.05, 0.1) is 0 Å². The molecule has 4 heteroatoms. The van der Waals surface area contributed by atoms with Gasteiger partial charge in [-0.3, -0.25) is 4.90 Å². The first-order chi connectivity index (χ1) is 10.1. The fraction of sp³-hybridized carbons (Fsp3) is 0.471. The number of nitrogens with zero attached hydrogens (tertiary/aromatic N) is 1. The molecule has 0 heterocycles. The van der Waals surface area contributed by atoms with Gasteiger partial charge in [0, 0.05) is 24.2 Å². The van der Waals surface area contributed by atoms with Gasteiger partial charge in [-0.25, -0.2) is 9.18 Å². The Labute approximate surface area is 125 Å². The van der Waals surface area contributed by atoms with E-state index in [0.717, 1.165) is 18.2 Å². The Morgan fingerprint density at radius 1 is 1.38 bits per heavy atom. The molecule has 0 amide bonds. The Hall–Kier alpha value is -1.68. The number of rotatable bonds is 5. The van der Waals surface area contributed by atoms with Crippen LogP contribution in [0.4, 0.5) is 4.39 Å². The molecule has 1 N–H and O–H groups in total. The molecule has 0 aromatic heterocycles. The SMILES string of the molecule is CN(Cc1ccc(F)c(C=CC(=O)O)c1)C1CCCCC1. The number of carboxylic acid groups (broad SMARTS) is 1. The molecule has 1 saturated carbocycles. The molecule has 1 aliphatic rings. The molecule has 0 unspecified atom stereocenters. The number of carbonyl (C=O) groups is 1. The number of carboxylic acids is 1. The van der Waals surface area contributed by atoms with Crippen LogP contribution in [0.3, 0.4) is 0 Å². The van der Waals surface area contributed by atoms with E-state index in [1.807, 2.05) is 0 Å². The summed E-state index contributed by atoms with van der Waals surface area (Å²) in [6.45, 7) is 0.763. The molecule has 1 aromatic rings. The van der Waals surface area contributed by atoms with Crippen LogP contribution in [0.2, 0.25) is 0 Å². The highest BCUT2D eigenvalue weighted by Gasteiger charge is 2.18. The van der Waals surface area contributed by atoms with Gasteiger partial charge in [-0.05, 0) is 43.7 Å². The lowest BCUT2D eigenvalue weighted by Gasteiger charge is -2.31. The van der Waals surface area contributed by atoms with Crippen molar-refractivity contribution in [3.63, 3.8) is 0 Å². The van der Waals surface area contributed by atoms with Crippen molar-refractivity contribution in [2.75, 3.05) is 7.05 Å². The summed E-state index contributed by atoms with van der Waals surface area (Å²) in [5, 5.41) is 8.63. The van der Waals surface area contributed by atoms with Gasteiger partial charge in [-0.15, -0.1) is 0 Å². The second-order valence-electron chi connectivity index (χ2n) is 5.73. The second kappa shape index (κ2) is 7.36. The number of hydrogen-bond donors (Lipinski definition) is 1. The Bertz CT molecular complexity index is 522. The predicted molar refractivity (Wildman–Crippen MR) is 81.4 cm³/mol. The number of aliphatic carboxylic acids is 1. The maximum atomic E-state index is 13.7. The lowest BCUT2D eigenvalue weighted by Crippen LogP contribution is -2.32. The third-order valence-corrected chi connectivity index (χ3v) is 4.10. The van der Waals surface area contributed by atoms with Crippen LogP contribution in [0.15, 0.2) is 24.3 Å². The Morgan fingerprint density at radius 2 is 2.10 bits per heavy atom. The van der Waals surface area contributed by atoms with E-state index in [0.29, 0.717) is 11.6 Å². The minimum absolute atomic E-state index is 0.326. The van der Waals surface area contributed by atoms with Crippen molar-refractivity contribution in [3.8, 4) is 0 Å². The molecule has 114 valence electrons. The summed E-state index contributed by atoms with van der Waals surface area (Å²) in [4.78, 5) is 12.9. The minimum Gasteiger partial charge on any atom is -0.478 e. The van der Waals surface area contributed by atoms with E-state index < -0.39 is 11.8 Å². The summed E-state index contributed by atoms with van der Waals surface area (Å²) in [5.41, 5.74) is 1.33. The van der Waals surface area contributed by atoms with Crippen LogP contribution in [-0.2, 0) is 11.3 Å². The first-order valence-corrected chi connectivity index (χ1v) is 7.46. The predicted octanol–water partition coefficient (Wildman–Crippen LogP) is 3.69. The average molecular weight is 291 g/mol. The third kappa shape index (κ3) is 4.67. The van der Waals surface area contributed by atoms with Gasteiger partial charge in [0.2, 0.25) is 0 Å². The lowest BCUT2D eigenvalue weighted by molar-refractivity contribution is -0.131. The zero-order valence-corrected chi connectivity index (χ0v) is 12.4. The van der Waals surface area contributed by atoms with Gasteiger partial charge in [-0.2, -0.15) is 0 Å². The highest BCUT2D eigenvalue weighted by molar-refractivity contribution is 5.85. The molecule has 1 aliphatic carbocycles. The largest absolute Gasteiger partial charge is 0.478 e. The third-order valence-electron chi connectivity index (χ3n) is 4.10. The van der Waals surface area contributed by atoms with Crippen molar-refractivity contribution in [1.29, 1.82) is 0 Å². The van der Waals surface area contributed by atoms with E-state index in [-0.39, 0.29) is 0 Å². The van der Waals surface area contributed by atoms with E-state index in [1.165, 1.54) is 44.2 Å². The Morgan fingerprint density at radius 3 is 2.76 bits per heavy atom. The normalized spacial score (nSPS) is 16.7. The fourth-order valence-corrected chi connectivity index (χ4v) is 2.92. The second-order valence-corrected chi connectivity index (χ2v) is 5.73. The summed E-state index contributed by atoms with van der Waals surface area (Å²) in [6.07, 6.45) is 8.61. The van der Waals surface area contributed by atoms with Crippen LogP contribution in [0.5, 0.6) is 0 Å². The molecule has 0 spiro atoms. The zero-order chi connectivity index (χ0) is 15.2. The fourth-order valence-electron chi connectivity index (χ4n) is 2.92. The molecule has 0 bridgehead atoms. The topological polar surface area (TPSA) is 40.5 Å². The van der Waals surface area contributed by atoms with Crippen molar-refractivity contribution in [3.05, 3.63) is 41.2 Å². The zero-order valence-electron chi connectivity index (χ0n) is 12.4. The quantitative estimate of drug-likeness (QED) is 0.841. The summed E-state index contributed by atoms with van der Waals surface area (Å²) in [6, 6.07) is 5.51. The van der Waals surface area contributed by atoms with E-state index in [1.54, 1.807) is 12.1 Å². The first kappa shape index (κ1) is 15.7. The summed E-state index contributed by atoms with van der Waals surface area (Å²) in [5.74, 6) is -1.46. The number of halogens is 1. The molecular formula is C17H22FNO2. The van der Waals surface area contributed by atoms with E-state index >= 15 is 0 Å². The molecule has 1 aromatic carbocycles. The van der Waals surface area contributed by atoms with Gasteiger partial charge in [0.1, 0.15) is 5.82 Å². The van der Waals surface area contributed by atoms with Gasteiger partial charge in [0.15, 0.2) is 0 Å². The molecule has 3 nitrogen and oxygen atoms in total. The maximum Gasteiger partial charge on any atom is 0.328 e. The van der Waals surface area contributed by atoms with E-state index in [9.17, 15) is 9.18 Å². The highest BCUT2D eigenvalue weighted by atomic mass is 19.1.